The van der Waals surface area contributed by atoms with E-state index in [2.05, 4.69) is 15.4 Å². The normalized spacial score (nSPS) is 11.7. The van der Waals surface area contributed by atoms with E-state index in [-0.39, 0.29) is 29.2 Å². The second-order valence-electron chi connectivity index (χ2n) is 6.10. The van der Waals surface area contributed by atoms with Crippen LogP contribution in [0.3, 0.4) is 0 Å². The molecule has 4 aromatic rings. The van der Waals surface area contributed by atoms with Crippen LogP contribution in [0.1, 0.15) is 21.6 Å². The molecule has 3 aromatic heterocycles. The zero-order chi connectivity index (χ0) is 20.6. The van der Waals surface area contributed by atoms with E-state index >= 15 is 0 Å². The maximum Gasteiger partial charge on any atom is 0.433 e. The van der Waals surface area contributed by atoms with Crippen molar-refractivity contribution in [3.8, 4) is 11.5 Å². The van der Waals surface area contributed by atoms with Gasteiger partial charge < -0.3 is 9.73 Å². The lowest BCUT2D eigenvalue weighted by Crippen LogP contribution is -2.23. The standard InChI is InChI=1S/C19H12F4N4O2/c20-12-5-3-11(4-6-12)9-24-18(28)13-10-25-27-16(19(21,22)23)8-14(26-17(13)27)15-2-1-7-29-15/h1-8,10H,9H2,(H,24,28). The number of furan rings is 1. The Hall–Kier alpha value is -3.69. The van der Waals surface area contributed by atoms with Gasteiger partial charge in [-0.15, -0.1) is 0 Å². The van der Waals surface area contributed by atoms with E-state index in [1.165, 1.54) is 42.7 Å². The zero-order valence-corrected chi connectivity index (χ0v) is 14.6. The summed E-state index contributed by atoms with van der Waals surface area (Å²) in [6.45, 7) is 0.0560. The van der Waals surface area contributed by atoms with Crippen molar-refractivity contribution in [1.82, 2.24) is 19.9 Å². The average molecular weight is 404 g/mol. The van der Waals surface area contributed by atoms with Gasteiger partial charge in [0.25, 0.3) is 5.91 Å². The van der Waals surface area contributed by atoms with Crippen LogP contribution in [0.15, 0.2) is 59.3 Å². The molecule has 0 aliphatic heterocycles. The van der Waals surface area contributed by atoms with Crippen LogP contribution >= 0.6 is 0 Å². The summed E-state index contributed by atoms with van der Waals surface area (Å²) in [5.41, 5.74) is -0.945. The maximum absolute atomic E-state index is 13.5. The molecule has 0 aliphatic rings. The molecule has 0 fully saturated rings. The number of hydrogen-bond acceptors (Lipinski definition) is 4. The minimum Gasteiger partial charge on any atom is -0.463 e. The predicted octanol–water partition coefficient (Wildman–Crippen LogP) is 4.08. The molecule has 0 unspecified atom stereocenters. The molecule has 29 heavy (non-hydrogen) atoms. The minimum absolute atomic E-state index is 0.0560. The van der Waals surface area contributed by atoms with Gasteiger partial charge in [0.1, 0.15) is 17.1 Å². The highest BCUT2D eigenvalue weighted by atomic mass is 19.4. The second-order valence-corrected chi connectivity index (χ2v) is 6.10. The lowest BCUT2D eigenvalue weighted by molar-refractivity contribution is -0.142. The lowest BCUT2D eigenvalue weighted by atomic mass is 10.2. The van der Waals surface area contributed by atoms with Crippen LogP contribution in [0.5, 0.6) is 0 Å². The first-order valence-electron chi connectivity index (χ1n) is 8.35. The van der Waals surface area contributed by atoms with Gasteiger partial charge in [0.15, 0.2) is 17.1 Å². The van der Waals surface area contributed by atoms with Crippen LogP contribution in [0.25, 0.3) is 17.1 Å². The Morgan fingerprint density at radius 2 is 1.93 bits per heavy atom. The van der Waals surface area contributed by atoms with E-state index in [1.807, 2.05) is 0 Å². The van der Waals surface area contributed by atoms with Gasteiger partial charge in [-0.05, 0) is 35.9 Å². The Balaban J connectivity index is 1.72. The monoisotopic (exact) mass is 404 g/mol. The van der Waals surface area contributed by atoms with Crippen LogP contribution in [0.2, 0.25) is 0 Å². The van der Waals surface area contributed by atoms with Crippen LogP contribution in [0.4, 0.5) is 17.6 Å². The van der Waals surface area contributed by atoms with Gasteiger partial charge in [-0.25, -0.2) is 13.9 Å². The predicted molar refractivity (Wildman–Crippen MR) is 93.3 cm³/mol. The number of nitrogens with one attached hydrogen (secondary N) is 1. The molecule has 1 aromatic carbocycles. The maximum atomic E-state index is 13.5. The van der Waals surface area contributed by atoms with Gasteiger partial charge in [-0.1, -0.05) is 12.1 Å². The fraction of sp³-hybridized carbons (Fsp3) is 0.105. The summed E-state index contributed by atoms with van der Waals surface area (Å²) in [5, 5.41) is 6.25. The molecule has 148 valence electrons. The summed E-state index contributed by atoms with van der Waals surface area (Å²) in [7, 11) is 0. The van der Waals surface area contributed by atoms with Crippen LogP contribution < -0.4 is 5.32 Å². The number of carbonyl (C=O) groups is 1. The third kappa shape index (κ3) is 3.68. The van der Waals surface area contributed by atoms with Crippen LogP contribution in [-0.2, 0) is 12.7 Å². The number of benzene rings is 1. The Morgan fingerprint density at radius 1 is 1.17 bits per heavy atom. The molecule has 1 N–H and O–H groups in total. The van der Waals surface area contributed by atoms with E-state index in [0.29, 0.717) is 10.1 Å². The Kier molecular flexibility index (Phi) is 4.53. The van der Waals surface area contributed by atoms with Crippen molar-refractivity contribution < 1.29 is 26.8 Å². The first-order valence-corrected chi connectivity index (χ1v) is 8.35. The number of halogens is 4. The van der Waals surface area contributed by atoms with Crippen molar-refractivity contribution in [3.05, 3.63) is 77.6 Å². The Bertz CT molecular complexity index is 1170. The van der Waals surface area contributed by atoms with E-state index in [4.69, 9.17) is 4.42 Å². The molecule has 0 aliphatic carbocycles. The summed E-state index contributed by atoms with van der Waals surface area (Å²) >= 11 is 0. The Morgan fingerprint density at radius 3 is 2.59 bits per heavy atom. The molecule has 1 amide bonds. The van der Waals surface area contributed by atoms with Gasteiger partial charge in [0, 0.05) is 6.54 Å². The molecule has 0 atom stereocenters. The highest BCUT2D eigenvalue weighted by Crippen LogP contribution is 2.32. The molecule has 10 heteroatoms. The third-order valence-corrected chi connectivity index (χ3v) is 4.15. The lowest BCUT2D eigenvalue weighted by Gasteiger charge is -2.10. The minimum atomic E-state index is -4.73. The number of carbonyl (C=O) groups excluding carboxylic acids is 1. The number of fused-ring (bicyclic) bond motifs is 1. The van der Waals surface area contributed by atoms with E-state index in [0.717, 1.165) is 12.3 Å². The topological polar surface area (TPSA) is 72.4 Å². The van der Waals surface area contributed by atoms with Gasteiger partial charge in [-0.2, -0.15) is 18.3 Å². The van der Waals surface area contributed by atoms with Gasteiger partial charge in [0.2, 0.25) is 0 Å². The quantitative estimate of drug-likeness (QED) is 0.521. The third-order valence-electron chi connectivity index (χ3n) is 4.15. The van der Waals surface area contributed by atoms with E-state index in [1.54, 1.807) is 0 Å². The molecular formula is C19H12F4N4O2. The molecular weight excluding hydrogens is 392 g/mol. The summed E-state index contributed by atoms with van der Waals surface area (Å²) in [6.07, 6.45) is -2.40. The van der Waals surface area contributed by atoms with Crippen molar-refractivity contribution in [1.29, 1.82) is 0 Å². The summed E-state index contributed by atoms with van der Waals surface area (Å²) in [6, 6.07) is 9.23. The molecule has 3 heterocycles. The van der Waals surface area contributed by atoms with Crippen molar-refractivity contribution in [2.45, 2.75) is 12.7 Å². The average Bonchev–Trinajstić information content (AvgIpc) is 3.35. The van der Waals surface area contributed by atoms with E-state index < -0.39 is 23.6 Å². The van der Waals surface area contributed by atoms with Crippen LogP contribution in [-0.4, -0.2) is 20.5 Å². The van der Waals surface area contributed by atoms with Gasteiger partial charge >= 0.3 is 6.18 Å². The fourth-order valence-electron chi connectivity index (χ4n) is 2.76. The summed E-state index contributed by atoms with van der Waals surface area (Å²) in [4.78, 5) is 16.7. The smallest absolute Gasteiger partial charge is 0.433 e. The number of amides is 1. The molecule has 0 bridgehead atoms. The largest absolute Gasteiger partial charge is 0.463 e. The van der Waals surface area contributed by atoms with Crippen molar-refractivity contribution in [2.75, 3.05) is 0 Å². The molecule has 0 spiro atoms. The second kappa shape index (κ2) is 7.04. The molecule has 6 nitrogen and oxygen atoms in total. The highest BCUT2D eigenvalue weighted by molar-refractivity contribution is 5.99. The number of hydrogen-bond donors (Lipinski definition) is 1. The number of alkyl halides is 3. The molecule has 0 saturated carbocycles. The van der Waals surface area contributed by atoms with E-state index in [9.17, 15) is 22.4 Å². The molecule has 0 radical (unpaired) electrons. The van der Waals surface area contributed by atoms with Gasteiger partial charge in [-0.3, -0.25) is 4.79 Å². The zero-order valence-electron chi connectivity index (χ0n) is 14.6. The van der Waals surface area contributed by atoms with Crippen molar-refractivity contribution in [2.24, 2.45) is 0 Å². The number of aromatic nitrogens is 3. The SMILES string of the molecule is O=C(NCc1ccc(F)cc1)c1cnn2c(C(F)(F)F)cc(-c3ccco3)nc12. The van der Waals surface area contributed by atoms with Crippen LogP contribution in [0, 0.1) is 5.82 Å². The Labute approximate surface area is 160 Å². The first-order chi connectivity index (χ1) is 13.8. The first kappa shape index (κ1) is 18.7. The van der Waals surface area contributed by atoms with Crippen molar-refractivity contribution in [3.63, 3.8) is 0 Å². The summed E-state index contributed by atoms with van der Waals surface area (Å²) < 4.78 is 59.2. The van der Waals surface area contributed by atoms with Crippen molar-refractivity contribution >= 4 is 11.6 Å². The number of nitrogens with zero attached hydrogens (tertiary/aromatic N) is 3. The van der Waals surface area contributed by atoms with Gasteiger partial charge in [0.05, 0.1) is 12.5 Å². The molecule has 4 rings (SSSR count). The highest BCUT2D eigenvalue weighted by Gasteiger charge is 2.36. The fourth-order valence-corrected chi connectivity index (χ4v) is 2.76. The summed E-state index contributed by atoms with van der Waals surface area (Å²) in [5.74, 6) is -0.963. The molecule has 0 saturated heterocycles. The number of rotatable bonds is 4.